The summed E-state index contributed by atoms with van der Waals surface area (Å²) in [5, 5.41) is 7.56. The molecule has 0 bridgehead atoms. The van der Waals surface area contributed by atoms with Crippen molar-refractivity contribution < 1.29 is 18.8 Å². The molecule has 0 fully saturated rings. The number of carbonyl (C=O) groups excluding carboxylic acids is 1. The van der Waals surface area contributed by atoms with E-state index in [0.29, 0.717) is 41.2 Å². The van der Waals surface area contributed by atoms with Gasteiger partial charge in [0.2, 0.25) is 0 Å². The van der Waals surface area contributed by atoms with Gasteiger partial charge in [-0.15, -0.1) is 11.3 Å². The summed E-state index contributed by atoms with van der Waals surface area (Å²) in [6.45, 7) is 2.92. The number of methoxy groups -OCH3 is 1. The van der Waals surface area contributed by atoms with Gasteiger partial charge in [0.1, 0.15) is 10.8 Å². The van der Waals surface area contributed by atoms with Gasteiger partial charge in [0.05, 0.1) is 25.9 Å². The molecule has 0 saturated carbocycles. The maximum Gasteiger partial charge on any atom is 0.261 e. The lowest BCUT2D eigenvalue weighted by Gasteiger charge is -2.12. The Morgan fingerprint density at radius 2 is 2.27 bits per heavy atom. The summed E-state index contributed by atoms with van der Waals surface area (Å²) in [5.41, 5.74) is 2.41. The molecule has 3 heterocycles. The van der Waals surface area contributed by atoms with Crippen LogP contribution < -0.4 is 10.1 Å². The zero-order chi connectivity index (χ0) is 18.1. The summed E-state index contributed by atoms with van der Waals surface area (Å²) >= 11 is 1.48. The first-order chi connectivity index (χ1) is 12.7. The third kappa shape index (κ3) is 3.09. The Hall–Kier alpha value is -2.71. The average molecular weight is 371 g/mol. The molecule has 8 heteroatoms. The second-order valence-electron chi connectivity index (χ2n) is 5.84. The summed E-state index contributed by atoms with van der Waals surface area (Å²) in [6.07, 6.45) is 0.748. The van der Waals surface area contributed by atoms with Crippen molar-refractivity contribution in [2.24, 2.45) is 0 Å². The van der Waals surface area contributed by atoms with E-state index in [2.05, 4.69) is 15.5 Å². The first kappa shape index (κ1) is 16.7. The Kier molecular flexibility index (Phi) is 4.44. The molecule has 0 atom stereocenters. The van der Waals surface area contributed by atoms with E-state index in [4.69, 9.17) is 14.0 Å². The molecule has 26 heavy (non-hydrogen) atoms. The Bertz CT molecular complexity index is 963. The van der Waals surface area contributed by atoms with Crippen LogP contribution in [0.15, 0.2) is 28.8 Å². The van der Waals surface area contributed by atoms with Crippen molar-refractivity contribution in [1.82, 2.24) is 10.1 Å². The third-order valence-electron chi connectivity index (χ3n) is 4.12. The highest BCUT2D eigenvalue weighted by molar-refractivity contribution is 7.17. The largest absolute Gasteiger partial charge is 0.497 e. The number of rotatable bonds is 4. The predicted octanol–water partition coefficient (Wildman–Crippen LogP) is 3.44. The second-order valence-corrected chi connectivity index (χ2v) is 6.95. The summed E-state index contributed by atoms with van der Waals surface area (Å²) < 4.78 is 16.1. The summed E-state index contributed by atoms with van der Waals surface area (Å²) in [7, 11) is 1.57. The maximum atomic E-state index is 12.7. The van der Waals surface area contributed by atoms with Crippen LogP contribution in [0.2, 0.25) is 0 Å². The Morgan fingerprint density at radius 1 is 1.38 bits per heavy atom. The summed E-state index contributed by atoms with van der Waals surface area (Å²) in [5.74, 6) is 1.38. The number of aryl methyl sites for hydroxylation is 1. The van der Waals surface area contributed by atoms with Crippen LogP contribution in [0.25, 0.3) is 11.5 Å². The van der Waals surface area contributed by atoms with E-state index in [-0.39, 0.29) is 5.91 Å². The lowest BCUT2D eigenvalue weighted by atomic mass is 10.1. The highest BCUT2D eigenvalue weighted by Gasteiger charge is 2.27. The number of hydrogen-bond acceptors (Lipinski definition) is 7. The van der Waals surface area contributed by atoms with E-state index in [0.717, 1.165) is 22.4 Å². The third-order valence-corrected chi connectivity index (χ3v) is 5.24. The number of carbonyl (C=O) groups is 1. The van der Waals surface area contributed by atoms with Crippen LogP contribution in [0.1, 0.15) is 26.6 Å². The van der Waals surface area contributed by atoms with Crippen molar-refractivity contribution in [2.75, 3.05) is 19.0 Å². The number of anilines is 1. The molecule has 1 aliphatic rings. The minimum atomic E-state index is -0.221. The second kappa shape index (κ2) is 6.89. The predicted molar refractivity (Wildman–Crippen MR) is 96.7 cm³/mol. The van der Waals surface area contributed by atoms with Crippen LogP contribution in [0.3, 0.4) is 0 Å². The molecule has 0 spiro atoms. The molecule has 0 radical (unpaired) electrons. The molecule has 3 aromatic rings. The molecule has 1 N–H and O–H groups in total. The van der Waals surface area contributed by atoms with Gasteiger partial charge in [-0.3, -0.25) is 4.79 Å². The number of thiophene rings is 1. The highest BCUT2D eigenvalue weighted by Crippen LogP contribution is 2.42. The van der Waals surface area contributed by atoms with E-state index < -0.39 is 0 Å². The molecule has 1 aromatic carbocycles. The lowest BCUT2D eigenvalue weighted by molar-refractivity contribution is 0.102. The monoisotopic (exact) mass is 371 g/mol. The number of amides is 1. The maximum absolute atomic E-state index is 12.7. The Labute approximate surface area is 153 Å². The molecule has 1 amide bonds. The Balaban J connectivity index is 1.71. The zero-order valence-electron chi connectivity index (χ0n) is 14.4. The molecular formula is C18H17N3O4S. The number of ether oxygens (including phenoxy) is 2. The van der Waals surface area contributed by atoms with E-state index in [1.165, 1.54) is 11.3 Å². The van der Waals surface area contributed by atoms with Gasteiger partial charge in [0.25, 0.3) is 11.8 Å². The zero-order valence-corrected chi connectivity index (χ0v) is 15.2. The van der Waals surface area contributed by atoms with Gasteiger partial charge in [0.15, 0.2) is 5.82 Å². The van der Waals surface area contributed by atoms with Crippen LogP contribution in [0.5, 0.6) is 5.75 Å². The number of hydrogen-bond donors (Lipinski definition) is 1. The topological polar surface area (TPSA) is 86.5 Å². The molecule has 0 unspecified atom stereocenters. The SMILES string of the molecule is COc1cccc(C(=O)Nc2sc3c(c2-c2nc(C)no2)CCOC3)c1. The molecule has 134 valence electrons. The van der Waals surface area contributed by atoms with E-state index >= 15 is 0 Å². The fourth-order valence-electron chi connectivity index (χ4n) is 2.88. The quantitative estimate of drug-likeness (QED) is 0.756. The fourth-order valence-corrected chi connectivity index (χ4v) is 4.06. The van der Waals surface area contributed by atoms with Crippen molar-refractivity contribution >= 4 is 22.2 Å². The molecule has 4 rings (SSSR count). The van der Waals surface area contributed by atoms with Gasteiger partial charge in [-0.05, 0) is 37.1 Å². The molecular weight excluding hydrogens is 354 g/mol. The minimum Gasteiger partial charge on any atom is -0.497 e. The Morgan fingerprint density at radius 3 is 3.04 bits per heavy atom. The van der Waals surface area contributed by atoms with Gasteiger partial charge in [-0.1, -0.05) is 11.2 Å². The van der Waals surface area contributed by atoms with Crippen molar-refractivity contribution in [3.8, 4) is 17.2 Å². The summed E-state index contributed by atoms with van der Waals surface area (Å²) in [6, 6.07) is 7.02. The van der Waals surface area contributed by atoms with Crippen LogP contribution in [-0.4, -0.2) is 29.8 Å². The number of nitrogens with zero attached hydrogens (tertiary/aromatic N) is 2. The van der Waals surface area contributed by atoms with Crippen molar-refractivity contribution in [3.63, 3.8) is 0 Å². The number of nitrogens with one attached hydrogen (secondary N) is 1. The van der Waals surface area contributed by atoms with E-state index in [9.17, 15) is 4.79 Å². The lowest BCUT2D eigenvalue weighted by Crippen LogP contribution is -2.12. The smallest absolute Gasteiger partial charge is 0.261 e. The molecule has 1 aliphatic heterocycles. The van der Waals surface area contributed by atoms with E-state index in [1.807, 2.05) is 0 Å². The normalized spacial score (nSPS) is 13.3. The van der Waals surface area contributed by atoms with Crippen LogP contribution >= 0.6 is 11.3 Å². The molecule has 2 aromatic heterocycles. The average Bonchev–Trinajstić information content (AvgIpc) is 3.24. The molecule has 0 saturated heterocycles. The number of benzene rings is 1. The fraction of sp³-hybridized carbons (Fsp3) is 0.278. The minimum absolute atomic E-state index is 0.221. The van der Waals surface area contributed by atoms with Gasteiger partial charge in [0, 0.05) is 10.4 Å². The molecule has 7 nitrogen and oxygen atoms in total. The van der Waals surface area contributed by atoms with Gasteiger partial charge >= 0.3 is 0 Å². The number of fused-ring (bicyclic) bond motifs is 1. The van der Waals surface area contributed by atoms with Gasteiger partial charge in [-0.25, -0.2) is 0 Å². The first-order valence-corrected chi connectivity index (χ1v) is 8.95. The van der Waals surface area contributed by atoms with E-state index in [1.54, 1.807) is 38.3 Å². The standard InChI is InChI=1S/C18H17N3O4S/c1-10-19-17(25-21-10)15-13-6-7-24-9-14(13)26-18(15)20-16(22)11-4-3-5-12(8-11)23-2/h3-5,8H,6-7,9H2,1-2H3,(H,20,22). The van der Waals surface area contributed by atoms with Crippen LogP contribution in [-0.2, 0) is 17.8 Å². The first-order valence-electron chi connectivity index (χ1n) is 8.14. The van der Waals surface area contributed by atoms with Crippen molar-refractivity contribution in [3.05, 3.63) is 46.1 Å². The van der Waals surface area contributed by atoms with Gasteiger partial charge in [-0.2, -0.15) is 4.98 Å². The van der Waals surface area contributed by atoms with Gasteiger partial charge < -0.3 is 19.3 Å². The van der Waals surface area contributed by atoms with Crippen molar-refractivity contribution in [1.29, 1.82) is 0 Å². The molecule has 0 aliphatic carbocycles. The highest BCUT2D eigenvalue weighted by atomic mass is 32.1. The van der Waals surface area contributed by atoms with Crippen LogP contribution in [0.4, 0.5) is 5.00 Å². The number of aromatic nitrogens is 2. The van der Waals surface area contributed by atoms with Crippen LogP contribution in [0, 0.1) is 6.92 Å². The van der Waals surface area contributed by atoms with Crippen molar-refractivity contribution in [2.45, 2.75) is 20.0 Å². The summed E-state index contributed by atoms with van der Waals surface area (Å²) in [4.78, 5) is 18.1.